The predicted molar refractivity (Wildman–Crippen MR) is 71.3 cm³/mol. The van der Waals surface area contributed by atoms with E-state index >= 15 is 0 Å². The summed E-state index contributed by atoms with van der Waals surface area (Å²) in [6.45, 7) is 0. The fraction of sp³-hybridized carbons (Fsp3) is 0.0833. The van der Waals surface area contributed by atoms with E-state index in [1.807, 2.05) is 7.05 Å². The van der Waals surface area contributed by atoms with Gasteiger partial charge in [-0.1, -0.05) is 21.1 Å². The van der Waals surface area contributed by atoms with Crippen molar-refractivity contribution in [1.82, 2.24) is 19.9 Å². The number of aromatic nitrogens is 4. The van der Waals surface area contributed by atoms with Crippen molar-refractivity contribution in [2.75, 3.05) is 0 Å². The lowest BCUT2D eigenvalue weighted by molar-refractivity contribution is 0.425. The Bertz CT molecular complexity index is 735. The third kappa shape index (κ3) is 2.24. The molecule has 96 valence electrons. The Labute approximate surface area is 116 Å². The van der Waals surface area contributed by atoms with Crippen molar-refractivity contribution in [2.45, 2.75) is 0 Å². The Hall–Kier alpha value is -2.15. The molecule has 0 fully saturated rings. The first-order chi connectivity index (χ1) is 9.13. The second kappa shape index (κ2) is 4.51. The average Bonchev–Trinajstić information content (AvgIpc) is 2.97. The molecule has 0 aliphatic heterocycles. The zero-order chi connectivity index (χ0) is 13.4. The number of benzene rings is 1. The lowest BCUT2D eigenvalue weighted by Gasteiger charge is -1.98. The number of nitrogens with zero attached hydrogens (tertiary/aromatic N) is 4. The van der Waals surface area contributed by atoms with Crippen molar-refractivity contribution in [1.29, 1.82) is 0 Å². The Balaban J connectivity index is 2.01. The van der Waals surface area contributed by atoms with Crippen LogP contribution >= 0.6 is 15.9 Å². The zero-order valence-corrected chi connectivity index (χ0v) is 11.5. The molecule has 0 spiro atoms. The quantitative estimate of drug-likeness (QED) is 0.785. The monoisotopic (exact) mass is 320 g/mol. The summed E-state index contributed by atoms with van der Waals surface area (Å²) in [7, 11) is 1.81. The number of phenolic OH excluding ortho intramolecular Hbond substituents is 1. The first kappa shape index (κ1) is 11.9. The van der Waals surface area contributed by atoms with Gasteiger partial charge in [0, 0.05) is 17.7 Å². The summed E-state index contributed by atoms with van der Waals surface area (Å²) in [6.07, 6.45) is 3.44. The third-order valence-corrected chi connectivity index (χ3v) is 3.07. The van der Waals surface area contributed by atoms with Crippen LogP contribution < -0.4 is 0 Å². The number of aromatic hydroxyl groups is 1. The van der Waals surface area contributed by atoms with Gasteiger partial charge in [0.05, 0.1) is 17.3 Å². The second-order valence-corrected chi connectivity index (χ2v) is 4.90. The molecule has 19 heavy (non-hydrogen) atoms. The summed E-state index contributed by atoms with van der Waals surface area (Å²) in [5.74, 6) is 0.782. The highest BCUT2D eigenvalue weighted by Crippen LogP contribution is 2.31. The highest BCUT2D eigenvalue weighted by molar-refractivity contribution is 9.10. The SMILES string of the molecule is Cn1cc(-c2noc(-c3ccc(Br)cc3O)n2)cn1. The van der Waals surface area contributed by atoms with Crippen LogP contribution in [0.3, 0.4) is 0 Å². The van der Waals surface area contributed by atoms with E-state index in [1.165, 1.54) is 0 Å². The molecule has 6 nitrogen and oxygen atoms in total. The van der Waals surface area contributed by atoms with Crippen molar-refractivity contribution in [3.63, 3.8) is 0 Å². The van der Waals surface area contributed by atoms with Crippen LogP contribution in [0.1, 0.15) is 0 Å². The van der Waals surface area contributed by atoms with Gasteiger partial charge < -0.3 is 9.63 Å². The molecule has 3 aromatic rings. The minimum Gasteiger partial charge on any atom is -0.507 e. The van der Waals surface area contributed by atoms with Crippen LogP contribution in [0.25, 0.3) is 22.8 Å². The van der Waals surface area contributed by atoms with Gasteiger partial charge in [-0.15, -0.1) is 0 Å². The molecular formula is C12H9BrN4O2. The molecule has 2 heterocycles. The van der Waals surface area contributed by atoms with Crippen molar-refractivity contribution >= 4 is 15.9 Å². The summed E-state index contributed by atoms with van der Waals surface area (Å²) in [4.78, 5) is 4.25. The molecule has 0 atom stereocenters. The fourth-order valence-electron chi connectivity index (χ4n) is 1.67. The highest BCUT2D eigenvalue weighted by Gasteiger charge is 2.14. The van der Waals surface area contributed by atoms with Gasteiger partial charge in [-0.05, 0) is 18.2 Å². The second-order valence-electron chi connectivity index (χ2n) is 3.99. The topological polar surface area (TPSA) is 77.0 Å². The first-order valence-electron chi connectivity index (χ1n) is 5.45. The van der Waals surface area contributed by atoms with Crippen molar-refractivity contribution < 1.29 is 9.63 Å². The molecule has 0 aliphatic rings. The Morgan fingerprint density at radius 2 is 2.21 bits per heavy atom. The molecule has 0 saturated heterocycles. The lowest BCUT2D eigenvalue weighted by atomic mass is 10.2. The maximum Gasteiger partial charge on any atom is 0.262 e. The smallest absolute Gasteiger partial charge is 0.262 e. The van der Waals surface area contributed by atoms with E-state index in [0.717, 1.165) is 10.0 Å². The van der Waals surface area contributed by atoms with E-state index in [0.29, 0.717) is 11.4 Å². The molecule has 0 unspecified atom stereocenters. The van der Waals surface area contributed by atoms with Gasteiger partial charge in [0.1, 0.15) is 5.75 Å². The molecule has 1 aromatic carbocycles. The van der Waals surface area contributed by atoms with Crippen LogP contribution in [0.15, 0.2) is 39.6 Å². The van der Waals surface area contributed by atoms with Crippen LogP contribution in [-0.2, 0) is 7.05 Å². The molecule has 3 rings (SSSR count). The van der Waals surface area contributed by atoms with Gasteiger partial charge in [-0.25, -0.2) is 0 Å². The Morgan fingerprint density at radius 1 is 1.37 bits per heavy atom. The van der Waals surface area contributed by atoms with Crippen LogP contribution in [0.4, 0.5) is 0 Å². The average molecular weight is 321 g/mol. The maximum atomic E-state index is 9.85. The van der Waals surface area contributed by atoms with Crippen molar-refractivity contribution in [2.24, 2.45) is 7.05 Å². The van der Waals surface area contributed by atoms with Gasteiger partial charge in [0.25, 0.3) is 5.89 Å². The molecule has 7 heteroatoms. The number of hydrogen-bond acceptors (Lipinski definition) is 5. The minimum atomic E-state index is 0.0794. The van der Waals surface area contributed by atoms with E-state index in [1.54, 1.807) is 35.3 Å². The van der Waals surface area contributed by atoms with E-state index in [2.05, 4.69) is 31.2 Å². The minimum absolute atomic E-state index is 0.0794. The Morgan fingerprint density at radius 3 is 2.89 bits per heavy atom. The summed E-state index contributed by atoms with van der Waals surface area (Å²) < 4.78 is 7.60. The number of phenols is 1. The van der Waals surface area contributed by atoms with E-state index in [9.17, 15) is 5.11 Å². The van der Waals surface area contributed by atoms with Gasteiger partial charge in [0.15, 0.2) is 0 Å². The van der Waals surface area contributed by atoms with E-state index in [-0.39, 0.29) is 11.6 Å². The number of aryl methyl sites for hydroxylation is 1. The first-order valence-corrected chi connectivity index (χ1v) is 6.24. The highest BCUT2D eigenvalue weighted by atomic mass is 79.9. The standard InChI is InChI=1S/C12H9BrN4O2/c1-17-6-7(5-14-17)11-15-12(19-16-11)9-3-2-8(13)4-10(9)18/h2-6,18H,1H3. The molecule has 0 radical (unpaired) electrons. The van der Waals surface area contributed by atoms with Gasteiger partial charge in [-0.2, -0.15) is 10.1 Å². The van der Waals surface area contributed by atoms with Crippen LogP contribution in [0.2, 0.25) is 0 Å². The number of hydrogen-bond donors (Lipinski definition) is 1. The van der Waals surface area contributed by atoms with E-state index in [4.69, 9.17) is 4.52 Å². The molecule has 1 N–H and O–H groups in total. The fourth-order valence-corrected chi connectivity index (χ4v) is 2.02. The normalized spacial score (nSPS) is 10.8. The Kier molecular flexibility index (Phi) is 2.83. The van der Waals surface area contributed by atoms with Gasteiger partial charge >= 0.3 is 0 Å². The summed E-state index contributed by atoms with van der Waals surface area (Å²) in [6, 6.07) is 5.08. The van der Waals surface area contributed by atoms with Crippen LogP contribution in [0, 0.1) is 0 Å². The molecule has 0 saturated carbocycles. The van der Waals surface area contributed by atoms with Gasteiger partial charge in [0.2, 0.25) is 5.82 Å². The third-order valence-electron chi connectivity index (χ3n) is 2.58. The summed E-state index contributed by atoms with van der Waals surface area (Å²) in [5.41, 5.74) is 1.25. The predicted octanol–water partition coefficient (Wildman–Crippen LogP) is 2.61. The molecule has 0 aliphatic carbocycles. The van der Waals surface area contributed by atoms with Crippen molar-refractivity contribution in [3.05, 3.63) is 35.1 Å². The van der Waals surface area contributed by atoms with Gasteiger partial charge in [-0.3, -0.25) is 4.68 Å². The zero-order valence-electron chi connectivity index (χ0n) is 9.91. The summed E-state index contributed by atoms with van der Waals surface area (Å²) >= 11 is 3.28. The number of rotatable bonds is 2. The van der Waals surface area contributed by atoms with Crippen LogP contribution in [0.5, 0.6) is 5.75 Å². The maximum absolute atomic E-state index is 9.85. The molecule has 0 amide bonds. The lowest BCUT2D eigenvalue weighted by Crippen LogP contribution is -1.84. The summed E-state index contributed by atoms with van der Waals surface area (Å²) in [5, 5.41) is 17.8. The van der Waals surface area contributed by atoms with Crippen LogP contribution in [-0.4, -0.2) is 25.0 Å². The van der Waals surface area contributed by atoms with E-state index < -0.39 is 0 Å². The largest absolute Gasteiger partial charge is 0.507 e. The molecule has 2 aromatic heterocycles. The molecular weight excluding hydrogens is 312 g/mol. The number of halogens is 1. The molecule has 0 bridgehead atoms. The van der Waals surface area contributed by atoms with Crippen molar-refractivity contribution in [3.8, 4) is 28.6 Å².